The van der Waals surface area contributed by atoms with Gasteiger partial charge in [-0.1, -0.05) is 56.9 Å². The van der Waals surface area contributed by atoms with E-state index in [1.165, 1.54) is 62.7 Å². The molecule has 1 saturated carbocycles. The van der Waals surface area contributed by atoms with Crippen LogP contribution in [0.2, 0.25) is 0 Å². The van der Waals surface area contributed by atoms with Crippen LogP contribution in [-0.4, -0.2) is 23.9 Å². The second-order valence-corrected chi connectivity index (χ2v) is 7.96. The SMILES string of the molecule is CC1(C(=O)NCc2ccc(CN3CCCCCC3)cc2)CCCC1. The Balaban J connectivity index is 1.48. The van der Waals surface area contributed by atoms with Crippen molar-refractivity contribution in [1.29, 1.82) is 0 Å². The van der Waals surface area contributed by atoms with Gasteiger partial charge in [-0.25, -0.2) is 0 Å². The van der Waals surface area contributed by atoms with Crippen molar-refractivity contribution in [2.24, 2.45) is 5.41 Å². The highest BCUT2D eigenvalue weighted by Gasteiger charge is 2.35. The average Bonchev–Trinajstić information content (AvgIpc) is 2.89. The summed E-state index contributed by atoms with van der Waals surface area (Å²) in [7, 11) is 0. The minimum atomic E-state index is -0.132. The van der Waals surface area contributed by atoms with Gasteiger partial charge >= 0.3 is 0 Å². The monoisotopic (exact) mass is 328 g/mol. The summed E-state index contributed by atoms with van der Waals surface area (Å²) in [6.07, 6.45) is 9.89. The molecule has 2 aliphatic rings. The highest BCUT2D eigenvalue weighted by Crippen LogP contribution is 2.37. The van der Waals surface area contributed by atoms with Crippen LogP contribution in [0, 0.1) is 5.41 Å². The van der Waals surface area contributed by atoms with Crippen molar-refractivity contribution in [3.05, 3.63) is 35.4 Å². The van der Waals surface area contributed by atoms with Gasteiger partial charge in [0.15, 0.2) is 0 Å². The molecule has 0 spiro atoms. The maximum absolute atomic E-state index is 12.4. The normalized spacial score (nSPS) is 21.4. The third-order valence-corrected chi connectivity index (χ3v) is 5.84. The molecule has 1 amide bonds. The molecular weight excluding hydrogens is 296 g/mol. The van der Waals surface area contributed by atoms with Crippen LogP contribution < -0.4 is 5.32 Å². The van der Waals surface area contributed by atoms with E-state index < -0.39 is 0 Å². The molecule has 1 aliphatic carbocycles. The topological polar surface area (TPSA) is 32.3 Å². The van der Waals surface area contributed by atoms with Crippen molar-refractivity contribution in [1.82, 2.24) is 10.2 Å². The molecule has 1 aliphatic heterocycles. The Kier molecular flexibility index (Phi) is 5.94. The number of rotatable bonds is 5. The van der Waals surface area contributed by atoms with Crippen molar-refractivity contribution in [3.63, 3.8) is 0 Å². The number of benzene rings is 1. The zero-order chi connectivity index (χ0) is 16.8. The van der Waals surface area contributed by atoms with Crippen LogP contribution in [0.3, 0.4) is 0 Å². The molecule has 1 saturated heterocycles. The molecule has 1 aromatic rings. The molecule has 1 aromatic carbocycles. The molecule has 3 nitrogen and oxygen atoms in total. The van der Waals surface area contributed by atoms with E-state index >= 15 is 0 Å². The summed E-state index contributed by atoms with van der Waals surface area (Å²) in [6.45, 7) is 6.29. The lowest BCUT2D eigenvalue weighted by molar-refractivity contribution is -0.130. The van der Waals surface area contributed by atoms with Gasteiger partial charge in [0.2, 0.25) is 5.91 Å². The standard InChI is InChI=1S/C21H32N2O/c1-21(12-4-5-13-21)20(24)22-16-18-8-10-19(11-9-18)17-23-14-6-2-3-7-15-23/h8-11H,2-7,12-17H2,1H3,(H,22,24). The van der Waals surface area contributed by atoms with Crippen LogP contribution >= 0.6 is 0 Å². The number of likely N-dealkylation sites (tertiary alicyclic amines) is 1. The molecule has 0 radical (unpaired) electrons. The molecule has 1 heterocycles. The van der Waals surface area contributed by atoms with Crippen LogP contribution in [0.15, 0.2) is 24.3 Å². The third-order valence-electron chi connectivity index (χ3n) is 5.84. The number of hydrogen-bond acceptors (Lipinski definition) is 2. The maximum Gasteiger partial charge on any atom is 0.226 e. The number of carbonyl (C=O) groups is 1. The Labute approximate surface area is 146 Å². The molecule has 0 bridgehead atoms. The third kappa shape index (κ3) is 4.60. The summed E-state index contributed by atoms with van der Waals surface area (Å²) in [5, 5.41) is 3.14. The summed E-state index contributed by atoms with van der Waals surface area (Å²) in [6, 6.07) is 8.79. The van der Waals surface area contributed by atoms with E-state index in [1.807, 2.05) is 0 Å². The van der Waals surface area contributed by atoms with Gasteiger partial charge in [-0.05, 0) is 49.9 Å². The zero-order valence-electron chi connectivity index (χ0n) is 15.2. The van der Waals surface area contributed by atoms with E-state index in [0.29, 0.717) is 6.54 Å². The molecule has 0 atom stereocenters. The van der Waals surface area contributed by atoms with Crippen LogP contribution in [0.25, 0.3) is 0 Å². The van der Waals surface area contributed by atoms with Gasteiger partial charge in [-0.15, -0.1) is 0 Å². The van der Waals surface area contributed by atoms with Crippen molar-refractivity contribution in [3.8, 4) is 0 Å². The van der Waals surface area contributed by atoms with Gasteiger partial charge in [0.1, 0.15) is 0 Å². The molecule has 0 unspecified atom stereocenters. The van der Waals surface area contributed by atoms with Gasteiger partial charge in [-0.2, -0.15) is 0 Å². The summed E-state index contributed by atoms with van der Waals surface area (Å²) >= 11 is 0. The van der Waals surface area contributed by atoms with Crippen LogP contribution in [0.1, 0.15) is 69.4 Å². The largest absolute Gasteiger partial charge is 0.352 e. The average molecular weight is 329 g/mol. The Morgan fingerprint density at radius 2 is 1.54 bits per heavy atom. The van der Waals surface area contributed by atoms with Crippen molar-refractivity contribution in [2.75, 3.05) is 13.1 Å². The van der Waals surface area contributed by atoms with Gasteiger partial charge in [-0.3, -0.25) is 9.69 Å². The fourth-order valence-electron chi connectivity index (χ4n) is 4.09. The molecule has 2 fully saturated rings. The maximum atomic E-state index is 12.4. The van der Waals surface area contributed by atoms with E-state index in [-0.39, 0.29) is 11.3 Å². The van der Waals surface area contributed by atoms with Crippen LogP contribution in [0.4, 0.5) is 0 Å². The molecule has 3 rings (SSSR count). The van der Waals surface area contributed by atoms with E-state index in [0.717, 1.165) is 19.4 Å². The Morgan fingerprint density at radius 1 is 0.958 bits per heavy atom. The molecule has 3 heteroatoms. The lowest BCUT2D eigenvalue weighted by atomic mass is 9.88. The first-order chi connectivity index (χ1) is 11.7. The molecule has 132 valence electrons. The van der Waals surface area contributed by atoms with Gasteiger partial charge in [0.25, 0.3) is 0 Å². The lowest BCUT2D eigenvalue weighted by Gasteiger charge is -2.22. The quantitative estimate of drug-likeness (QED) is 0.876. The highest BCUT2D eigenvalue weighted by atomic mass is 16.2. The van der Waals surface area contributed by atoms with E-state index in [4.69, 9.17) is 0 Å². The van der Waals surface area contributed by atoms with E-state index in [2.05, 4.69) is 41.4 Å². The van der Waals surface area contributed by atoms with Crippen molar-refractivity contribution < 1.29 is 4.79 Å². The second-order valence-electron chi connectivity index (χ2n) is 7.96. The lowest BCUT2D eigenvalue weighted by Crippen LogP contribution is -2.36. The Hall–Kier alpha value is -1.35. The first-order valence-electron chi connectivity index (χ1n) is 9.74. The molecule has 24 heavy (non-hydrogen) atoms. The van der Waals surface area contributed by atoms with Gasteiger partial charge in [0.05, 0.1) is 0 Å². The number of hydrogen-bond donors (Lipinski definition) is 1. The zero-order valence-corrected chi connectivity index (χ0v) is 15.2. The fraction of sp³-hybridized carbons (Fsp3) is 0.667. The summed E-state index contributed by atoms with van der Waals surface area (Å²) < 4.78 is 0. The molecule has 1 N–H and O–H groups in total. The Morgan fingerprint density at radius 3 is 2.17 bits per heavy atom. The van der Waals surface area contributed by atoms with Crippen molar-refractivity contribution >= 4 is 5.91 Å². The van der Waals surface area contributed by atoms with Crippen molar-refractivity contribution in [2.45, 2.75) is 71.4 Å². The van der Waals surface area contributed by atoms with Gasteiger partial charge < -0.3 is 5.32 Å². The minimum absolute atomic E-state index is 0.132. The molecular formula is C21H32N2O. The van der Waals surface area contributed by atoms with E-state index in [1.54, 1.807) is 0 Å². The van der Waals surface area contributed by atoms with Crippen LogP contribution in [-0.2, 0) is 17.9 Å². The summed E-state index contributed by atoms with van der Waals surface area (Å²) in [5.41, 5.74) is 2.45. The predicted molar refractivity (Wildman–Crippen MR) is 98.6 cm³/mol. The minimum Gasteiger partial charge on any atom is -0.352 e. The summed E-state index contributed by atoms with van der Waals surface area (Å²) in [4.78, 5) is 15.0. The highest BCUT2D eigenvalue weighted by molar-refractivity contribution is 5.82. The number of nitrogens with one attached hydrogen (secondary N) is 1. The predicted octanol–water partition coefficient (Wildman–Crippen LogP) is 4.26. The first kappa shape index (κ1) is 17.5. The number of nitrogens with zero attached hydrogens (tertiary/aromatic N) is 1. The van der Waals surface area contributed by atoms with Gasteiger partial charge in [0, 0.05) is 18.5 Å². The molecule has 0 aromatic heterocycles. The fourth-order valence-corrected chi connectivity index (χ4v) is 4.09. The van der Waals surface area contributed by atoms with Crippen LogP contribution in [0.5, 0.6) is 0 Å². The number of amides is 1. The second kappa shape index (κ2) is 8.15. The Bertz CT molecular complexity index is 523. The smallest absolute Gasteiger partial charge is 0.226 e. The van der Waals surface area contributed by atoms with E-state index in [9.17, 15) is 4.79 Å². The first-order valence-corrected chi connectivity index (χ1v) is 9.74. The summed E-state index contributed by atoms with van der Waals surface area (Å²) in [5.74, 6) is 0.230. The number of carbonyl (C=O) groups excluding carboxylic acids is 1.